The van der Waals surface area contributed by atoms with Crippen molar-refractivity contribution in [2.45, 2.75) is 19.2 Å². The van der Waals surface area contributed by atoms with E-state index in [9.17, 15) is 0 Å². The summed E-state index contributed by atoms with van der Waals surface area (Å²) in [5.41, 5.74) is 2.74. The zero-order valence-corrected chi connectivity index (χ0v) is 12.7. The van der Waals surface area contributed by atoms with Crippen molar-refractivity contribution in [3.05, 3.63) is 48.5 Å². The van der Waals surface area contributed by atoms with Crippen LogP contribution in [0, 0.1) is 0 Å². The van der Waals surface area contributed by atoms with E-state index in [1.807, 2.05) is 48.7 Å². The standard InChI is InChI=1S/C16H16ClN3O/c1-3-21-15-7-5-4-6-14(15)20-13-8-9-18-10-12(13)19-16(20)11(2)17/h4-11H,3H2,1-2H3. The molecule has 0 aliphatic heterocycles. The minimum absolute atomic E-state index is 0.216. The lowest BCUT2D eigenvalue weighted by Crippen LogP contribution is -2.05. The predicted molar refractivity (Wildman–Crippen MR) is 84.3 cm³/mol. The van der Waals surface area contributed by atoms with E-state index >= 15 is 0 Å². The number of nitrogens with zero attached hydrogens (tertiary/aromatic N) is 3. The lowest BCUT2D eigenvalue weighted by molar-refractivity contribution is 0.339. The van der Waals surface area contributed by atoms with E-state index in [1.165, 1.54) is 0 Å². The summed E-state index contributed by atoms with van der Waals surface area (Å²) >= 11 is 6.31. The maximum Gasteiger partial charge on any atom is 0.143 e. The summed E-state index contributed by atoms with van der Waals surface area (Å²) in [5.74, 6) is 1.60. The minimum atomic E-state index is -0.216. The van der Waals surface area contributed by atoms with Gasteiger partial charge in [0.2, 0.25) is 0 Å². The van der Waals surface area contributed by atoms with Gasteiger partial charge in [0.15, 0.2) is 0 Å². The highest BCUT2D eigenvalue weighted by atomic mass is 35.5. The maximum atomic E-state index is 6.31. The number of benzene rings is 1. The van der Waals surface area contributed by atoms with Gasteiger partial charge in [0.05, 0.1) is 29.4 Å². The molecule has 21 heavy (non-hydrogen) atoms. The Balaban J connectivity index is 2.31. The van der Waals surface area contributed by atoms with Crippen LogP contribution in [-0.2, 0) is 0 Å². The van der Waals surface area contributed by atoms with Gasteiger partial charge in [0.1, 0.15) is 17.1 Å². The Morgan fingerprint density at radius 2 is 2.10 bits per heavy atom. The van der Waals surface area contributed by atoms with Crippen LogP contribution in [0.2, 0.25) is 0 Å². The number of alkyl halides is 1. The molecule has 1 atom stereocenters. The number of imidazole rings is 1. The second-order valence-corrected chi connectivity index (χ2v) is 5.34. The molecule has 0 amide bonds. The van der Waals surface area contributed by atoms with E-state index in [-0.39, 0.29) is 5.38 Å². The first-order chi connectivity index (χ1) is 10.2. The van der Waals surface area contributed by atoms with E-state index in [0.29, 0.717) is 6.61 Å². The van der Waals surface area contributed by atoms with Gasteiger partial charge >= 0.3 is 0 Å². The van der Waals surface area contributed by atoms with Crippen LogP contribution in [0.5, 0.6) is 5.75 Å². The van der Waals surface area contributed by atoms with Crippen molar-refractivity contribution >= 4 is 22.6 Å². The number of hydrogen-bond donors (Lipinski definition) is 0. The summed E-state index contributed by atoms with van der Waals surface area (Å²) in [4.78, 5) is 8.73. The summed E-state index contributed by atoms with van der Waals surface area (Å²) in [7, 11) is 0. The molecule has 0 saturated heterocycles. The smallest absolute Gasteiger partial charge is 0.143 e. The molecule has 0 bridgehead atoms. The zero-order chi connectivity index (χ0) is 14.8. The molecule has 5 heteroatoms. The highest BCUT2D eigenvalue weighted by molar-refractivity contribution is 6.20. The molecule has 1 unspecified atom stereocenters. The quantitative estimate of drug-likeness (QED) is 0.681. The summed E-state index contributed by atoms with van der Waals surface area (Å²) in [5, 5.41) is -0.216. The van der Waals surface area contributed by atoms with Crippen LogP contribution in [0.1, 0.15) is 25.0 Å². The summed E-state index contributed by atoms with van der Waals surface area (Å²) in [6, 6.07) is 9.84. The molecule has 2 aromatic heterocycles. The van der Waals surface area contributed by atoms with E-state index in [4.69, 9.17) is 16.3 Å². The molecule has 4 nitrogen and oxygen atoms in total. The summed E-state index contributed by atoms with van der Waals surface area (Å²) < 4.78 is 7.78. The van der Waals surface area contributed by atoms with E-state index in [2.05, 4.69) is 9.97 Å². The summed E-state index contributed by atoms with van der Waals surface area (Å²) in [6.45, 7) is 4.49. The fourth-order valence-electron chi connectivity index (χ4n) is 2.39. The second-order valence-electron chi connectivity index (χ2n) is 4.69. The molecule has 0 aliphatic carbocycles. The van der Waals surface area contributed by atoms with Crippen molar-refractivity contribution < 1.29 is 4.74 Å². The third kappa shape index (κ3) is 2.47. The monoisotopic (exact) mass is 301 g/mol. The molecule has 3 rings (SSSR count). The first-order valence-electron chi connectivity index (χ1n) is 6.91. The minimum Gasteiger partial charge on any atom is -0.492 e. The van der Waals surface area contributed by atoms with Gasteiger partial charge in [-0.25, -0.2) is 4.98 Å². The van der Waals surface area contributed by atoms with Crippen molar-refractivity contribution in [2.75, 3.05) is 6.61 Å². The van der Waals surface area contributed by atoms with Crippen LogP contribution in [-0.4, -0.2) is 21.1 Å². The molecular formula is C16H16ClN3O. The van der Waals surface area contributed by atoms with Crippen molar-refractivity contribution in [2.24, 2.45) is 0 Å². The Bertz CT molecular complexity index is 767. The predicted octanol–water partition coefficient (Wildman–Crippen LogP) is 4.12. The molecule has 0 spiro atoms. The molecule has 0 radical (unpaired) electrons. The number of ether oxygens (including phenoxy) is 1. The maximum absolute atomic E-state index is 6.31. The fourth-order valence-corrected chi connectivity index (χ4v) is 2.54. The molecule has 0 fully saturated rings. The average molecular weight is 302 g/mol. The summed E-state index contributed by atoms with van der Waals surface area (Å²) in [6.07, 6.45) is 3.50. The molecule has 0 aliphatic rings. The number of rotatable bonds is 4. The van der Waals surface area contributed by atoms with Crippen molar-refractivity contribution in [3.8, 4) is 11.4 Å². The van der Waals surface area contributed by atoms with Gasteiger partial charge in [0.25, 0.3) is 0 Å². The highest BCUT2D eigenvalue weighted by Crippen LogP contribution is 2.32. The molecule has 3 aromatic rings. The van der Waals surface area contributed by atoms with E-state index in [0.717, 1.165) is 28.3 Å². The van der Waals surface area contributed by atoms with Gasteiger partial charge in [-0.15, -0.1) is 11.6 Å². The van der Waals surface area contributed by atoms with Gasteiger partial charge < -0.3 is 4.74 Å². The van der Waals surface area contributed by atoms with Crippen LogP contribution in [0.25, 0.3) is 16.7 Å². The molecule has 0 N–H and O–H groups in total. The number of pyridine rings is 1. The molecule has 2 heterocycles. The number of para-hydroxylation sites is 2. The molecular weight excluding hydrogens is 286 g/mol. The lowest BCUT2D eigenvalue weighted by atomic mass is 10.2. The Morgan fingerprint density at radius 3 is 2.86 bits per heavy atom. The third-order valence-corrected chi connectivity index (χ3v) is 3.44. The van der Waals surface area contributed by atoms with Crippen molar-refractivity contribution in [3.63, 3.8) is 0 Å². The van der Waals surface area contributed by atoms with Crippen molar-refractivity contribution in [1.82, 2.24) is 14.5 Å². The topological polar surface area (TPSA) is 39.9 Å². The lowest BCUT2D eigenvalue weighted by Gasteiger charge is -2.15. The van der Waals surface area contributed by atoms with Gasteiger partial charge in [0, 0.05) is 6.20 Å². The van der Waals surface area contributed by atoms with Gasteiger partial charge in [-0.3, -0.25) is 9.55 Å². The number of hydrogen-bond acceptors (Lipinski definition) is 3. The van der Waals surface area contributed by atoms with Crippen molar-refractivity contribution in [1.29, 1.82) is 0 Å². The molecule has 0 saturated carbocycles. The molecule has 108 valence electrons. The Kier molecular flexibility index (Phi) is 3.80. The fraction of sp³-hybridized carbons (Fsp3) is 0.250. The highest BCUT2D eigenvalue weighted by Gasteiger charge is 2.18. The first kappa shape index (κ1) is 13.9. The van der Waals surface area contributed by atoms with Gasteiger partial charge in [-0.2, -0.15) is 0 Å². The Labute approximate surface area is 128 Å². The van der Waals surface area contributed by atoms with Crippen LogP contribution in [0.4, 0.5) is 0 Å². The van der Waals surface area contributed by atoms with Gasteiger partial charge in [-0.1, -0.05) is 12.1 Å². The van der Waals surface area contributed by atoms with E-state index < -0.39 is 0 Å². The van der Waals surface area contributed by atoms with Crippen LogP contribution < -0.4 is 4.74 Å². The zero-order valence-electron chi connectivity index (χ0n) is 12.0. The van der Waals surface area contributed by atoms with Crippen LogP contribution in [0.3, 0.4) is 0 Å². The Hall–Kier alpha value is -2.07. The normalized spacial score (nSPS) is 12.5. The second kappa shape index (κ2) is 5.74. The number of aromatic nitrogens is 3. The Morgan fingerprint density at radius 1 is 1.29 bits per heavy atom. The average Bonchev–Trinajstić information content (AvgIpc) is 2.88. The van der Waals surface area contributed by atoms with E-state index in [1.54, 1.807) is 12.4 Å². The first-order valence-corrected chi connectivity index (χ1v) is 7.34. The number of fused-ring (bicyclic) bond motifs is 1. The largest absolute Gasteiger partial charge is 0.492 e. The van der Waals surface area contributed by atoms with Gasteiger partial charge in [-0.05, 0) is 32.0 Å². The molecule has 1 aromatic carbocycles. The third-order valence-electron chi connectivity index (χ3n) is 3.24. The van der Waals surface area contributed by atoms with Crippen LogP contribution >= 0.6 is 11.6 Å². The number of halogens is 1. The van der Waals surface area contributed by atoms with Crippen LogP contribution in [0.15, 0.2) is 42.7 Å². The SMILES string of the molecule is CCOc1ccccc1-n1c(C(C)Cl)nc2cnccc21.